The fourth-order valence-electron chi connectivity index (χ4n) is 3.14. The molecule has 0 spiro atoms. The molecule has 0 radical (unpaired) electrons. The number of hydrogen-bond acceptors (Lipinski definition) is 3. The Morgan fingerprint density at radius 3 is 2.44 bits per heavy atom. The zero-order valence-corrected chi connectivity index (χ0v) is 15.1. The van der Waals surface area contributed by atoms with Crippen LogP contribution in [-0.4, -0.2) is 12.2 Å². The molecule has 0 saturated carbocycles. The first-order valence-electron chi connectivity index (χ1n) is 8.81. The van der Waals surface area contributed by atoms with E-state index in [4.69, 9.17) is 9.47 Å². The average Bonchev–Trinajstić information content (AvgIpc) is 2.72. The zero-order chi connectivity index (χ0) is 18.6. The van der Waals surface area contributed by atoms with Crippen molar-refractivity contribution in [2.75, 3.05) is 7.11 Å². The molecule has 4 rings (SSSR count). The molecule has 0 aliphatic rings. The number of rotatable bonds is 5. The predicted octanol–water partition coefficient (Wildman–Crippen LogP) is 5.80. The van der Waals surface area contributed by atoms with E-state index in [0.29, 0.717) is 6.61 Å². The molecule has 0 aliphatic heterocycles. The topological polar surface area (TPSA) is 38.7 Å². The van der Waals surface area contributed by atoms with E-state index in [0.717, 1.165) is 39.0 Å². The van der Waals surface area contributed by atoms with E-state index < -0.39 is 0 Å². The molecule has 1 N–H and O–H groups in total. The molecule has 134 valence electrons. The standard InChI is InChI=1S/C24H20O3/c1-26-22-9-5-8-19(13-22)23-14-18-10-11-21(25)12-20(18)15-24(23)27-16-17-6-3-2-4-7-17/h2-15,25H,16H2,1H3. The molecule has 0 atom stereocenters. The molecule has 3 heteroatoms. The van der Waals surface area contributed by atoms with E-state index in [1.807, 2.05) is 66.7 Å². The van der Waals surface area contributed by atoms with Crippen LogP contribution in [0.2, 0.25) is 0 Å². The van der Waals surface area contributed by atoms with Crippen LogP contribution in [0.1, 0.15) is 5.56 Å². The summed E-state index contributed by atoms with van der Waals surface area (Å²) in [6.45, 7) is 0.474. The Bertz CT molecular complexity index is 1070. The molecular formula is C24H20O3. The van der Waals surface area contributed by atoms with Crippen LogP contribution in [-0.2, 0) is 6.61 Å². The van der Waals surface area contributed by atoms with Gasteiger partial charge in [-0.1, -0.05) is 48.5 Å². The molecule has 0 saturated heterocycles. The van der Waals surface area contributed by atoms with Gasteiger partial charge in [0, 0.05) is 5.56 Å². The fraction of sp³-hybridized carbons (Fsp3) is 0.0833. The third-order valence-corrected chi connectivity index (χ3v) is 4.54. The summed E-state index contributed by atoms with van der Waals surface area (Å²) in [5.41, 5.74) is 3.11. The Hall–Kier alpha value is -3.46. The van der Waals surface area contributed by atoms with Crippen molar-refractivity contribution in [2.45, 2.75) is 6.61 Å². The Labute approximate surface area is 158 Å². The summed E-state index contributed by atoms with van der Waals surface area (Å²) in [6, 6.07) is 27.4. The van der Waals surface area contributed by atoms with E-state index in [2.05, 4.69) is 6.07 Å². The van der Waals surface area contributed by atoms with Crippen molar-refractivity contribution in [2.24, 2.45) is 0 Å². The lowest BCUT2D eigenvalue weighted by Gasteiger charge is -2.14. The maximum Gasteiger partial charge on any atom is 0.128 e. The quantitative estimate of drug-likeness (QED) is 0.491. The van der Waals surface area contributed by atoms with Crippen LogP contribution in [0.3, 0.4) is 0 Å². The second-order valence-corrected chi connectivity index (χ2v) is 6.39. The number of ether oxygens (including phenoxy) is 2. The number of fused-ring (bicyclic) bond motifs is 1. The lowest BCUT2D eigenvalue weighted by atomic mass is 9.99. The minimum absolute atomic E-state index is 0.241. The van der Waals surface area contributed by atoms with Crippen molar-refractivity contribution >= 4 is 10.8 Å². The van der Waals surface area contributed by atoms with Gasteiger partial charge in [0.15, 0.2) is 0 Å². The van der Waals surface area contributed by atoms with Gasteiger partial charge in [0.05, 0.1) is 7.11 Å². The van der Waals surface area contributed by atoms with Gasteiger partial charge in [0.1, 0.15) is 23.9 Å². The SMILES string of the molecule is COc1cccc(-c2cc3ccc(O)cc3cc2OCc2ccccc2)c1. The normalized spacial score (nSPS) is 10.7. The zero-order valence-electron chi connectivity index (χ0n) is 15.1. The number of hydrogen-bond donors (Lipinski definition) is 1. The summed E-state index contributed by atoms with van der Waals surface area (Å²) in [7, 11) is 1.66. The Kier molecular flexibility index (Phi) is 4.67. The van der Waals surface area contributed by atoms with Crippen molar-refractivity contribution in [3.8, 4) is 28.4 Å². The first-order chi connectivity index (χ1) is 13.2. The molecule has 27 heavy (non-hydrogen) atoms. The highest BCUT2D eigenvalue weighted by Crippen LogP contribution is 2.37. The van der Waals surface area contributed by atoms with Crippen LogP contribution in [0, 0.1) is 0 Å². The summed E-state index contributed by atoms with van der Waals surface area (Å²) in [5.74, 6) is 1.81. The van der Waals surface area contributed by atoms with Crippen LogP contribution >= 0.6 is 0 Å². The largest absolute Gasteiger partial charge is 0.508 e. The lowest BCUT2D eigenvalue weighted by Crippen LogP contribution is -1.97. The lowest BCUT2D eigenvalue weighted by molar-refractivity contribution is 0.308. The maximum atomic E-state index is 9.83. The summed E-state index contributed by atoms with van der Waals surface area (Å²) in [6.07, 6.45) is 0. The van der Waals surface area contributed by atoms with Gasteiger partial charge in [-0.2, -0.15) is 0 Å². The van der Waals surface area contributed by atoms with E-state index >= 15 is 0 Å². The number of phenolic OH excluding ortho intramolecular Hbond substituents is 1. The monoisotopic (exact) mass is 356 g/mol. The van der Waals surface area contributed by atoms with Crippen molar-refractivity contribution in [1.29, 1.82) is 0 Å². The molecule has 3 nitrogen and oxygen atoms in total. The molecule has 4 aromatic carbocycles. The van der Waals surface area contributed by atoms with Gasteiger partial charge < -0.3 is 14.6 Å². The van der Waals surface area contributed by atoms with Gasteiger partial charge >= 0.3 is 0 Å². The van der Waals surface area contributed by atoms with Crippen LogP contribution in [0.25, 0.3) is 21.9 Å². The van der Waals surface area contributed by atoms with E-state index in [1.165, 1.54) is 0 Å². The van der Waals surface area contributed by atoms with Crippen LogP contribution in [0.5, 0.6) is 17.2 Å². The first-order valence-corrected chi connectivity index (χ1v) is 8.81. The van der Waals surface area contributed by atoms with Crippen molar-refractivity contribution in [3.63, 3.8) is 0 Å². The van der Waals surface area contributed by atoms with Gasteiger partial charge in [-0.3, -0.25) is 0 Å². The number of aromatic hydroxyl groups is 1. The molecule has 0 unspecified atom stereocenters. The number of benzene rings is 4. The first kappa shape index (κ1) is 17.0. The third kappa shape index (κ3) is 3.72. The fourth-order valence-corrected chi connectivity index (χ4v) is 3.14. The Morgan fingerprint density at radius 1 is 0.778 bits per heavy atom. The molecule has 0 aliphatic carbocycles. The number of methoxy groups -OCH3 is 1. The highest BCUT2D eigenvalue weighted by molar-refractivity contribution is 5.91. The van der Waals surface area contributed by atoms with Gasteiger partial charge in [-0.25, -0.2) is 0 Å². The van der Waals surface area contributed by atoms with Gasteiger partial charge in [-0.15, -0.1) is 0 Å². The third-order valence-electron chi connectivity index (χ3n) is 4.54. The molecule has 0 heterocycles. The molecule has 0 amide bonds. The van der Waals surface area contributed by atoms with Crippen molar-refractivity contribution in [3.05, 3.63) is 90.5 Å². The van der Waals surface area contributed by atoms with Crippen molar-refractivity contribution in [1.82, 2.24) is 0 Å². The van der Waals surface area contributed by atoms with Crippen LogP contribution in [0.15, 0.2) is 84.9 Å². The van der Waals surface area contributed by atoms with E-state index in [1.54, 1.807) is 19.2 Å². The highest BCUT2D eigenvalue weighted by atomic mass is 16.5. The van der Waals surface area contributed by atoms with Gasteiger partial charge in [-0.05, 0) is 58.3 Å². The molecule has 0 aromatic heterocycles. The Morgan fingerprint density at radius 2 is 1.63 bits per heavy atom. The predicted molar refractivity (Wildman–Crippen MR) is 108 cm³/mol. The average molecular weight is 356 g/mol. The van der Waals surface area contributed by atoms with Gasteiger partial charge in [0.2, 0.25) is 0 Å². The van der Waals surface area contributed by atoms with Crippen molar-refractivity contribution < 1.29 is 14.6 Å². The summed E-state index contributed by atoms with van der Waals surface area (Å²) < 4.78 is 11.6. The maximum absolute atomic E-state index is 9.83. The summed E-state index contributed by atoms with van der Waals surface area (Å²) >= 11 is 0. The minimum Gasteiger partial charge on any atom is -0.508 e. The van der Waals surface area contributed by atoms with E-state index in [9.17, 15) is 5.11 Å². The number of phenols is 1. The van der Waals surface area contributed by atoms with Crippen LogP contribution in [0.4, 0.5) is 0 Å². The molecule has 4 aromatic rings. The van der Waals surface area contributed by atoms with Gasteiger partial charge in [0.25, 0.3) is 0 Å². The molecule has 0 bridgehead atoms. The molecule has 0 fully saturated rings. The highest BCUT2D eigenvalue weighted by Gasteiger charge is 2.11. The second-order valence-electron chi connectivity index (χ2n) is 6.39. The Balaban J connectivity index is 1.80. The van der Waals surface area contributed by atoms with E-state index in [-0.39, 0.29) is 5.75 Å². The summed E-state index contributed by atoms with van der Waals surface area (Å²) in [5, 5.41) is 11.8. The summed E-state index contributed by atoms with van der Waals surface area (Å²) in [4.78, 5) is 0. The van der Waals surface area contributed by atoms with Crippen LogP contribution < -0.4 is 9.47 Å². The smallest absolute Gasteiger partial charge is 0.128 e. The molecular weight excluding hydrogens is 336 g/mol. The minimum atomic E-state index is 0.241. The second kappa shape index (κ2) is 7.42.